The van der Waals surface area contributed by atoms with Gasteiger partial charge in [-0.1, -0.05) is 15.9 Å². The zero-order valence-corrected chi connectivity index (χ0v) is 14.8. The highest BCUT2D eigenvalue weighted by Crippen LogP contribution is 2.34. The second-order valence-corrected chi connectivity index (χ2v) is 6.66. The molecule has 0 saturated carbocycles. The van der Waals surface area contributed by atoms with E-state index in [1.807, 2.05) is 4.90 Å². The van der Waals surface area contributed by atoms with E-state index in [4.69, 9.17) is 4.74 Å². The number of hydrogen-bond donors (Lipinski definition) is 0. The Labute approximate surface area is 154 Å². The van der Waals surface area contributed by atoms with Gasteiger partial charge in [0.25, 0.3) is 5.69 Å². The van der Waals surface area contributed by atoms with E-state index in [-0.39, 0.29) is 17.7 Å². The number of anilines is 1. The number of halogens is 4. The van der Waals surface area contributed by atoms with Gasteiger partial charge in [0.05, 0.1) is 17.0 Å². The number of benzene rings is 1. The third-order valence-electron chi connectivity index (χ3n) is 3.97. The average molecular weight is 432 g/mol. The van der Waals surface area contributed by atoms with Crippen molar-refractivity contribution in [3.63, 3.8) is 0 Å². The van der Waals surface area contributed by atoms with Crippen LogP contribution in [-0.4, -0.2) is 29.1 Å². The summed E-state index contributed by atoms with van der Waals surface area (Å²) in [6.07, 6.45) is -3.46. The predicted octanol–water partition coefficient (Wildman–Crippen LogP) is 4.43. The van der Waals surface area contributed by atoms with Gasteiger partial charge in [-0.3, -0.25) is 10.1 Å². The number of nitro groups is 1. The first-order valence-corrected chi connectivity index (χ1v) is 8.42. The van der Waals surface area contributed by atoms with Crippen molar-refractivity contribution in [1.29, 1.82) is 0 Å². The van der Waals surface area contributed by atoms with E-state index >= 15 is 0 Å². The molecule has 1 aromatic heterocycles. The van der Waals surface area contributed by atoms with E-state index in [9.17, 15) is 23.3 Å². The molecule has 3 rings (SSSR count). The Morgan fingerprint density at radius 3 is 2.69 bits per heavy atom. The highest BCUT2D eigenvalue weighted by atomic mass is 79.9. The van der Waals surface area contributed by atoms with Crippen LogP contribution in [0.4, 0.5) is 24.5 Å². The molecule has 0 aliphatic carbocycles. The Morgan fingerprint density at radius 1 is 1.31 bits per heavy atom. The molecule has 1 aromatic carbocycles. The van der Waals surface area contributed by atoms with Crippen molar-refractivity contribution in [2.75, 3.05) is 18.0 Å². The Bertz CT molecular complexity index is 815. The van der Waals surface area contributed by atoms with Crippen molar-refractivity contribution in [2.45, 2.75) is 18.7 Å². The van der Waals surface area contributed by atoms with Crippen molar-refractivity contribution in [3.05, 3.63) is 56.7 Å². The first-order valence-electron chi connectivity index (χ1n) is 7.63. The number of hydrogen-bond acceptors (Lipinski definition) is 5. The molecular formula is C16H13BrF3N3O3. The lowest BCUT2D eigenvalue weighted by atomic mass is 10.2. The van der Waals surface area contributed by atoms with Crippen LogP contribution in [0, 0.1) is 10.1 Å². The fourth-order valence-corrected chi connectivity index (χ4v) is 3.09. The number of alkyl halides is 3. The Hall–Kier alpha value is -2.36. The van der Waals surface area contributed by atoms with Crippen LogP contribution in [0.3, 0.4) is 0 Å². The summed E-state index contributed by atoms with van der Waals surface area (Å²) in [6.45, 7) is 0.916. The van der Waals surface area contributed by atoms with E-state index in [0.29, 0.717) is 29.7 Å². The van der Waals surface area contributed by atoms with Gasteiger partial charge in [-0.05, 0) is 18.2 Å². The molecule has 26 heavy (non-hydrogen) atoms. The second kappa shape index (κ2) is 7.10. The molecule has 1 aliphatic rings. The van der Waals surface area contributed by atoms with Gasteiger partial charge >= 0.3 is 6.18 Å². The van der Waals surface area contributed by atoms with E-state index in [0.717, 1.165) is 12.3 Å². The molecule has 0 spiro atoms. The van der Waals surface area contributed by atoms with Gasteiger partial charge < -0.3 is 9.64 Å². The maximum Gasteiger partial charge on any atom is 0.417 e. The fraction of sp³-hybridized carbons (Fsp3) is 0.312. The average Bonchev–Trinajstić information content (AvgIpc) is 3.02. The van der Waals surface area contributed by atoms with Gasteiger partial charge in [-0.25, -0.2) is 4.98 Å². The molecular weight excluding hydrogens is 419 g/mol. The highest BCUT2D eigenvalue weighted by molar-refractivity contribution is 9.10. The largest absolute Gasteiger partial charge is 0.472 e. The third kappa shape index (κ3) is 4.06. The second-order valence-electron chi connectivity index (χ2n) is 5.75. The summed E-state index contributed by atoms with van der Waals surface area (Å²) in [4.78, 5) is 16.3. The molecule has 2 heterocycles. The van der Waals surface area contributed by atoms with Crippen LogP contribution in [0.2, 0.25) is 0 Å². The quantitative estimate of drug-likeness (QED) is 0.529. The molecule has 6 nitrogen and oxygen atoms in total. The normalized spacial score (nSPS) is 17.4. The number of nitrogens with zero attached hydrogens (tertiary/aromatic N) is 3. The molecule has 0 radical (unpaired) electrons. The van der Waals surface area contributed by atoms with Crippen molar-refractivity contribution in [1.82, 2.24) is 4.98 Å². The van der Waals surface area contributed by atoms with Crippen LogP contribution in [-0.2, 0) is 6.18 Å². The minimum absolute atomic E-state index is 0.0207. The van der Waals surface area contributed by atoms with Gasteiger partial charge in [-0.2, -0.15) is 13.2 Å². The lowest BCUT2D eigenvalue weighted by Crippen LogP contribution is -2.25. The van der Waals surface area contributed by atoms with Crippen molar-refractivity contribution < 1.29 is 22.8 Å². The van der Waals surface area contributed by atoms with Gasteiger partial charge in [-0.15, -0.1) is 0 Å². The van der Waals surface area contributed by atoms with Crippen LogP contribution in [0.25, 0.3) is 0 Å². The summed E-state index contributed by atoms with van der Waals surface area (Å²) in [7, 11) is 0. The molecule has 1 unspecified atom stereocenters. The van der Waals surface area contributed by atoms with Gasteiger partial charge in [0.1, 0.15) is 11.8 Å². The molecule has 1 fully saturated rings. The van der Waals surface area contributed by atoms with Crippen LogP contribution < -0.4 is 9.64 Å². The summed E-state index contributed by atoms with van der Waals surface area (Å²) in [5.74, 6) is 0.0927. The van der Waals surface area contributed by atoms with Gasteiger partial charge in [0.2, 0.25) is 5.88 Å². The first kappa shape index (κ1) is 18.4. The van der Waals surface area contributed by atoms with E-state index < -0.39 is 16.7 Å². The summed E-state index contributed by atoms with van der Waals surface area (Å²) < 4.78 is 43.9. The summed E-state index contributed by atoms with van der Waals surface area (Å²) >= 11 is 3.21. The predicted molar refractivity (Wildman–Crippen MR) is 91.3 cm³/mol. The number of pyridine rings is 1. The molecule has 1 atom stereocenters. The molecule has 2 aromatic rings. The molecule has 1 saturated heterocycles. The smallest absolute Gasteiger partial charge is 0.417 e. The van der Waals surface area contributed by atoms with E-state index in [2.05, 4.69) is 20.9 Å². The highest BCUT2D eigenvalue weighted by Gasteiger charge is 2.32. The Balaban J connectivity index is 1.69. The van der Waals surface area contributed by atoms with Crippen molar-refractivity contribution in [3.8, 4) is 5.88 Å². The SMILES string of the molecule is O=[N+]([O-])c1cc(Br)ccc1N1CCC(Oc2ccc(C(F)(F)F)cn2)C1. The van der Waals surface area contributed by atoms with Gasteiger partial charge in [0, 0.05) is 35.8 Å². The maximum atomic E-state index is 12.5. The number of aromatic nitrogens is 1. The third-order valence-corrected chi connectivity index (χ3v) is 4.46. The van der Waals surface area contributed by atoms with E-state index in [1.54, 1.807) is 12.1 Å². The lowest BCUT2D eigenvalue weighted by Gasteiger charge is -2.19. The summed E-state index contributed by atoms with van der Waals surface area (Å²) in [5.41, 5.74) is -0.388. The monoisotopic (exact) mass is 431 g/mol. The zero-order chi connectivity index (χ0) is 18.9. The summed E-state index contributed by atoms with van der Waals surface area (Å²) in [5, 5.41) is 11.2. The van der Waals surface area contributed by atoms with Crippen LogP contribution in [0.5, 0.6) is 5.88 Å². The Kier molecular flexibility index (Phi) is 5.03. The minimum Gasteiger partial charge on any atom is -0.472 e. The molecule has 0 N–H and O–H groups in total. The van der Waals surface area contributed by atoms with E-state index in [1.165, 1.54) is 12.1 Å². The number of ether oxygens (including phenoxy) is 1. The lowest BCUT2D eigenvalue weighted by molar-refractivity contribution is -0.384. The molecule has 0 amide bonds. The first-order chi connectivity index (χ1) is 12.2. The van der Waals surface area contributed by atoms with Gasteiger partial charge in [0.15, 0.2) is 0 Å². The standard InChI is InChI=1S/C16H13BrF3N3O3/c17-11-2-3-13(14(7-11)23(24)25)22-6-5-12(9-22)26-15-4-1-10(8-21-15)16(18,19)20/h1-4,7-8,12H,5-6,9H2. The Morgan fingerprint density at radius 2 is 2.08 bits per heavy atom. The van der Waals surface area contributed by atoms with Crippen molar-refractivity contribution >= 4 is 27.3 Å². The maximum absolute atomic E-state index is 12.5. The molecule has 1 aliphatic heterocycles. The van der Waals surface area contributed by atoms with Crippen LogP contribution in [0.15, 0.2) is 41.0 Å². The van der Waals surface area contributed by atoms with Crippen LogP contribution >= 0.6 is 15.9 Å². The number of nitro benzene ring substituents is 1. The van der Waals surface area contributed by atoms with Crippen LogP contribution in [0.1, 0.15) is 12.0 Å². The fourth-order valence-electron chi connectivity index (χ4n) is 2.74. The summed E-state index contributed by atoms with van der Waals surface area (Å²) in [6, 6.07) is 6.89. The topological polar surface area (TPSA) is 68.5 Å². The number of rotatable bonds is 4. The van der Waals surface area contributed by atoms with Crippen molar-refractivity contribution in [2.24, 2.45) is 0 Å². The minimum atomic E-state index is -4.45. The molecule has 10 heteroatoms. The molecule has 138 valence electrons. The zero-order valence-electron chi connectivity index (χ0n) is 13.2. The molecule has 0 bridgehead atoms.